The Balaban J connectivity index is 1.53. The van der Waals surface area contributed by atoms with Gasteiger partial charge < -0.3 is 9.84 Å². The van der Waals surface area contributed by atoms with Crippen LogP contribution in [0.5, 0.6) is 0 Å². The first-order valence-electron chi connectivity index (χ1n) is 7.88. The largest absolute Gasteiger partial charge is 0.361 e. The Labute approximate surface area is 130 Å². The zero-order chi connectivity index (χ0) is 15.4. The van der Waals surface area contributed by atoms with E-state index in [1.54, 1.807) is 0 Å². The van der Waals surface area contributed by atoms with Gasteiger partial charge in [-0.25, -0.2) is 0 Å². The van der Waals surface area contributed by atoms with Gasteiger partial charge in [-0.2, -0.15) is 0 Å². The fourth-order valence-electron chi connectivity index (χ4n) is 3.14. The highest BCUT2D eigenvalue weighted by atomic mass is 16.5. The van der Waals surface area contributed by atoms with Gasteiger partial charge >= 0.3 is 0 Å². The number of carbonyl (C=O) groups excluding carboxylic acids is 1. The highest BCUT2D eigenvalue weighted by molar-refractivity contribution is 5.78. The number of aryl methyl sites for hydroxylation is 1. The van der Waals surface area contributed by atoms with Crippen molar-refractivity contribution < 1.29 is 9.32 Å². The van der Waals surface area contributed by atoms with Crippen LogP contribution in [0, 0.1) is 12.3 Å². The molecule has 3 rings (SSSR count). The van der Waals surface area contributed by atoms with Crippen LogP contribution in [0.25, 0.3) is 0 Å². The van der Waals surface area contributed by atoms with Crippen LogP contribution in [0.3, 0.4) is 0 Å². The third-order valence-corrected chi connectivity index (χ3v) is 4.52. The Morgan fingerprint density at radius 2 is 2.09 bits per heavy atom. The molecule has 0 spiro atoms. The van der Waals surface area contributed by atoms with Crippen LogP contribution in [0.2, 0.25) is 0 Å². The standard InChI is InChI=1S/C18H22N2O2/c1-14-10-16(20-22-14)11-17(21)19-13-18(8-5-9-18)12-15-6-3-2-4-7-15/h2-4,6-7,10H,5,8-9,11-13H2,1H3,(H,19,21). The molecular weight excluding hydrogens is 276 g/mol. The molecule has 1 aromatic carbocycles. The minimum Gasteiger partial charge on any atom is -0.361 e. The average Bonchev–Trinajstić information content (AvgIpc) is 2.88. The monoisotopic (exact) mass is 298 g/mol. The van der Waals surface area contributed by atoms with Crippen molar-refractivity contribution in [2.75, 3.05) is 6.54 Å². The number of benzene rings is 1. The number of aromatic nitrogens is 1. The number of carbonyl (C=O) groups is 1. The second kappa shape index (κ2) is 6.34. The van der Waals surface area contributed by atoms with E-state index < -0.39 is 0 Å². The van der Waals surface area contributed by atoms with E-state index in [2.05, 4.69) is 34.7 Å². The zero-order valence-electron chi connectivity index (χ0n) is 13.0. The molecule has 1 fully saturated rings. The third-order valence-electron chi connectivity index (χ3n) is 4.52. The van der Waals surface area contributed by atoms with Gasteiger partial charge in [0.2, 0.25) is 5.91 Å². The molecule has 0 aliphatic heterocycles. The number of nitrogens with zero attached hydrogens (tertiary/aromatic N) is 1. The molecule has 0 radical (unpaired) electrons. The van der Waals surface area contributed by atoms with Crippen LogP contribution in [-0.4, -0.2) is 17.6 Å². The van der Waals surface area contributed by atoms with Crippen molar-refractivity contribution in [3.63, 3.8) is 0 Å². The molecular formula is C18H22N2O2. The van der Waals surface area contributed by atoms with Gasteiger partial charge in [0, 0.05) is 12.6 Å². The summed E-state index contributed by atoms with van der Waals surface area (Å²) in [6.45, 7) is 2.58. The first-order chi connectivity index (χ1) is 10.7. The maximum atomic E-state index is 12.1. The van der Waals surface area contributed by atoms with Gasteiger partial charge in [-0.15, -0.1) is 0 Å². The molecule has 4 heteroatoms. The van der Waals surface area contributed by atoms with Crippen molar-refractivity contribution in [2.45, 2.75) is 39.0 Å². The van der Waals surface area contributed by atoms with Gasteiger partial charge in [0.05, 0.1) is 12.1 Å². The van der Waals surface area contributed by atoms with Crippen molar-refractivity contribution in [3.05, 3.63) is 53.4 Å². The van der Waals surface area contributed by atoms with Gasteiger partial charge in [0.1, 0.15) is 5.76 Å². The molecule has 0 atom stereocenters. The van der Waals surface area contributed by atoms with Crippen molar-refractivity contribution in [1.82, 2.24) is 10.5 Å². The van der Waals surface area contributed by atoms with Crippen molar-refractivity contribution in [2.24, 2.45) is 5.41 Å². The number of rotatable bonds is 6. The van der Waals surface area contributed by atoms with Gasteiger partial charge in [0.25, 0.3) is 0 Å². The molecule has 22 heavy (non-hydrogen) atoms. The second-order valence-corrected chi connectivity index (χ2v) is 6.40. The van der Waals surface area contributed by atoms with Crippen LogP contribution in [0.15, 0.2) is 40.9 Å². The number of nitrogens with one attached hydrogen (secondary N) is 1. The summed E-state index contributed by atoms with van der Waals surface area (Å²) in [5.74, 6) is 0.759. The first-order valence-corrected chi connectivity index (χ1v) is 7.88. The lowest BCUT2D eigenvalue weighted by Crippen LogP contribution is -2.44. The predicted molar refractivity (Wildman–Crippen MR) is 84.4 cm³/mol. The summed E-state index contributed by atoms with van der Waals surface area (Å²) in [4.78, 5) is 12.1. The molecule has 1 heterocycles. The molecule has 1 amide bonds. The average molecular weight is 298 g/mol. The lowest BCUT2D eigenvalue weighted by Gasteiger charge is -2.42. The lowest BCUT2D eigenvalue weighted by atomic mass is 9.65. The molecule has 1 N–H and O–H groups in total. The Morgan fingerprint density at radius 3 is 2.68 bits per heavy atom. The van der Waals surface area contributed by atoms with E-state index in [0.29, 0.717) is 12.1 Å². The Bertz CT molecular complexity index is 630. The molecule has 1 aliphatic rings. The number of hydrogen-bond donors (Lipinski definition) is 1. The smallest absolute Gasteiger partial charge is 0.226 e. The number of hydrogen-bond acceptors (Lipinski definition) is 3. The van der Waals surface area contributed by atoms with Gasteiger partial charge in [0.15, 0.2) is 0 Å². The first kappa shape index (κ1) is 14.8. The van der Waals surface area contributed by atoms with Crippen LogP contribution in [0.4, 0.5) is 0 Å². The fraction of sp³-hybridized carbons (Fsp3) is 0.444. The summed E-state index contributed by atoms with van der Waals surface area (Å²) in [5.41, 5.74) is 2.28. The Kier molecular flexibility index (Phi) is 4.27. The van der Waals surface area contributed by atoms with Crippen LogP contribution < -0.4 is 5.32 Å². The molecule has 1 saturated carbocycles. The van der Waals surface area contributed by atoms with E-state index in [1.807, 2.05) is 19.1 Å². The summed E-state index contributed by atoms with van der Waals surface area (Å²) in [6, 6.07) is 12.3. The predicted octanol–water partition coefficient (Wildman–Crippen LogP) is 3.05. The van der Waals surface area contributed by atoms with E-state index in [9.17, 15) is 4.79 Å². The van der Waals surface area contributed by atoms with E-state index >= 15 is 0 Å². The molecule has 4 nitrogen and oxygen atoms in total. The van der Waals surface area contributed by atoms with Gasteiger partial charge in [-0.1, -0.05) is 41.9 Å². The van der Waals surface area contributed by atoms with Crippen molar-refractivity contribution in [1.29, 1.82) is 0 Å². The van der Waals surface area contributed by atoms with Crippen molar-refractivity contribution in [3.8, 4) is 0 Å². The fourth-order valence-corrected chi connectivity index (χ4v) is 3.14. The maximum Gasteiger partial charge on any atom is 0.226 e. The summed E-state index contributed by atoms with van der Waals surface area (Å²) >= 11 is 0. The number of amides is 1. The molecule has 116 valence electrons. The topological polar surface area (TPSA) is 55.1 Å². The summed E-state index contributed by atoms with van der Waals surface area (Å²) < 4.78 is 4.99. The van der Waals surface area contributed by atoms with Crippen LogP contribution in [0.1, 0.15) is 36.3 Å². The van der Waals surface area contributed by atoms with E-state index in [4.69, 9.17) is 4.52 Å². The third kappa shape index (κ3) is 3.56. The Hall–Kier alpha value is -2.10. The molecule has 0 unspecified atom stereocenters. The van der Waals surface area contributed by atoms with E-state index in [0.717, 1.165) is 18.7 Å². The summed E-state index contributed by atoms with van der Waals surface area (Å²) in [6.07, 6.45) is 4.96. The molecule has 2 aromatic rings. The second-order valence-electron chi connectivity index (χ2n) is 6.40. The molecule has 1 aromatic heterocycles. The lowest BCUT2D eigenvalue weighted by molar-refractivity contribution is -0.121. The minimum atomic E-state index is 0.0210. The van der Waals surface area contributed by atoms with Crippen molar-refractivity contribution >= 4 is 5.91 Å². The minimum absolute atomic E-state index is 0.0210. The van der Waals surface area contributed by atoms with Gasteiger partial charge in [-0.05, 0) is 37.2 Å². The zero-order valence-corrected chi connectivity index (χ0v) is 13.0. The highest BCUT2D eigenvalue weighted by Gasteiger charge is 2.37. The molecule has 1 aliphatic carbocycles. The maximum absolute atomic E-state index is 12.1. The molecule has 0 bridgehead atoms. The molecule has 0 saturated heterocycles. The van der Waals surface area contributed by atoms with E-state index in [-0.39, 0.29) is 11.3 Å². The SMILES string of the molecule is Cc1cc(CC(=O)NCC2(Cc3ccccc3)CCC2)no1. The van der Waals surface area contributed by atoms with Gasteiger partial charge in [-0.3, -0.25) is 4.79 Å². The normalized spacial score (nSPS) is 16.0. The Morgan fingerprint density at radius 1 is 1.32 bits per heavy atom. The van der Waals surface area contributed by atoms with Crippen LogP contribution in [-0.2, 0) is 17.6 Å². The summed E-state index contributed by atoms with van der Waals surface area (Å²) in [7, 11) is 0. The van der Waals surface area contributed by atoms with Crippen LogP contribution >= 0.6 is 0 Å². The van der Waals surface area contributed by atoms with E-state index in [1.165, 1.54) is 24.8 Å². The summed E-state index contributed by atoms with van der Waals surface area (Å²) in [5, 5.41) is 6.95. The highest BCUT2D eigenvalue weighted by Crippen LogP contribution is 2.43. The quantitative estimate of drug-likeness (QED) is 0.891.